The molecule has 0 saturated heterocycles. The van der Waals surface area contributed by atoms with Crippen LogP contribution in [-0.4, -0.2) is 11.1 Å². The van der Waals surface area contributed by atoms with E-state index >= 15 is 0 Å². The van der Waals surface area contributed by atoms with Gasteiger partial charge in [0.1, 0.15) is 17.6 Å². The summed E-state index contributed by atoms with van der Waals surface area (Å²) in [6, 6.07) is 11.5. The summed E-state index contributed by atoms with van der Waals surface area (Å²) >= 11 is 0. The molecule has 0 amide bonds. The number of nitrogens with zero attached hydrogens (tertiary/aromatic N) is 1. The summed E-state index contributed by atoms with van der Waals surface area (Å²) in [5.41, 5.74) is 3.80. The van der Waals surface area contributed by atoms with Crippen molar-refractivity contribution in [3.8, 4) is 11.5 Å². The fourth-order valence-corrected chi connectivity index (χ4v) is 2.09. The highest BCUT2D eigenvalue weighted by molar-refractivity contribution is 5.31. The van der Waals surface area contributed by atoms with Crippen LogP contribution in [0.5, 0.6) is 11.5 Å². The van der Waals surface area contributed by atoms with Crippen LogP contribution in [0.15, 0.2) is 60.8 Å². The van der Waals surface area contributed by atoms with Gasteiger partial charge in [-0.25, -0.2) is 5.48 Å². The SMILES string of the molecule is CC(C)Oc1ccc([C@H]2C=C(Oc3cccnc3)NO2)cc1. The van der Waals surface area contributed by atoms with Gasteiger partial charge in [-0.15, -0.1) is 0 Å². The first kappa shape index (κ1) is 14.4. The van der Waals surface area contributed by atoms with Gasteiger partial charge < -0.3 is 9.47 Å². The monoisotopic (exact) mass is 298 g/mol. The summed E-state index contributed by atoms with van der Waals surface area (Å²) in [5, 5.41) is 0. The van der Waals surface area contributed by atoms with Crippen molar-refractivity contribution in [3.05, 3.63) is 66.3 Å². The van der Waals surface area contributed by atoms with E-state index in [2.05, 4.69) is 10.5 Å². The van der Waals surface area contributed by atoms with E-state index < -0.39 is 0 Å². The number of rotatable bonds is 5. The summed E-state index contributed by atoms with van der Waals surface area (Å²) in [6.45, 7) is 4.01. The normalized spacial score (nSPS) is 17.0. The van der Waals surface area contributed by atoms with Gasteiger partial charge >= 0.3 is 0 Å². The molecular weight excluding hydrogens is 280 g/mol. The Morgan fingerprint density at radius 3 is 2.64 bits per heavy atom. The van der Waals surface area contributed by atoms with E-state index in [4.69, 9.17) is 14.3 Å². The van der Waals surface area contributed by atoms with Crippen molar-refractivity contribution in [2.45, 2.75) is 26.1 Å². The number of nitrogens with one attached hydrogen (secondary N) is 1. The van der Waals surface area contributed by atoms with Crippen LogP contribution < -0.4 is 15.0 Å². The Kier molecular flexibility index (Phi) is 4.25. The Morgan fingerprint density at radius 2 is 1.95 bits per heavy atom. The molecule has 114 valence electrons. The predicted octanol–water partition coefficient (Wildman–Crippen LogP) is 3.37. The first-order chi connectivity index (χ1) is 10.7. The number of aromatic nitrogens is 1. The molecule has 1 aromatic carbocycles. The Hall–Kier alpha value is -2.53. The van der Waals surface area contributed by atoms with Crippen LogP contribution in [0.25, 0.3) is 0 Å². The molecule has 1 aliphatic rings. The average Bonchev–Trinajstić information content (AvgIpc) is 2.97. The standard InChI is InChI=1S/C17H18N2O3/c1-12(2)20-14-7-5-13(6-8-14)16-10-17(19-22-16)21-15-4-3-9-18-11-15/h3-12,16,19H,1-2H3/t16-/m1/s1. The molecule has 3 rings (SSSR count). The van der Waals surface area contributed by atoms with Crippen LogP contribution in [0, 0.1) is 0 Å². The molecule has 0 saturated carbocycles. The van der Waals surface area contributed by atoms with E-state index in [0.717, 1.165) is 11.3 Å². The Balaban J connectivity index is 1.66. The summed E-state index contributed by atoms with van der Waals surface area (Å²) in [5.74, 6) is 2.06. The maximum absolute atomic E-state index is 5.64. The molecule has 0 unspecified atom stereocenters. The van der Waals surface area contributed by atoms with Crippen LogP contribution in [0.4, 0.5) is 0 Å². The zero-order valence-electron chi connectivity index (χ0n) is 12.5. The van der Waals surface area contributed by atoms with Crippen molar-refractivity contribution in [3.63, 3.8) is 0 Å². The third kappa shape index (κ3) is 3.56. The molecule has 0 aliphatic carbocycles. The lowest BCUT2D eigenvalue weighted by Crippen LogP contribution is -2.12. The van der Waals surface area contributed by atoms with Crippen LogP contribution >= 0.6 is 0 Å². The second-order valence-electron chi connectivity index (χ2n) is 5.20. The van der Waals surface area contributed by atoms with Gasteiger partial charge in [0.05, 0.1) is 12.3 Å². The quantitative estimate of drug-likeness (QED) is 0.917. The van der Waals surface area contributed by atoms with Gasteiger partial charge in [-0.3, -0.25) is 9.82 Å². The number of hydrogen-bond donors (Lipinski definition) is 1. The van der Waals surface area contributed by atoms with Gasteiger partial charge in [-0.2, -0.15) is 0 Å². The second-order valence-corrected chi connectivity index (χ2v) is 5.20. The number of hydroxylamine groups is 1. The average molecular weight is 298 g/mol. The van der Waals surface area contributed by atoms with Gasteiger partial charge in [0, 0.05) is 12.3 Å². The molecule has 1 aliphatic heterocycles. The number of pyridine rings is 1. The molecule has 0 fully saturated rings. The fraction of sp³-hybridized carbons (Fsp3) is 0.235. The molecule has 0 spiro atoms. The summed E-state index contributed by atoms with van der Waals surface area (Å²) < 4.78 is 11.3. The van der Waals surface area contributed by atoms with Crippen LogP contribution in [0.2, 0.25) is 0 Å². The smallest absolute Gasteiger partial charge is 0.216 e. The highest BCUT2D eigenvalue weighted by Gasteiger charge is 2.20. The van der Waals surface area contributed by atoms with E-state index in [1.165, 1.54) is 0 Å². The minimum atomic E-state index is -0.195. The Morgan fingerprint density at radius 1 is 1.14 bits per heavy atom. The van der Waals surface area contributed by atoms with Crippen LogP contribution in [-0.2, 0) is 4.84 Å². The lowest BCUT2D eigenvalue weighted by molar-refractivity contribution is 0.0273. The van der Waals surface area contributed by atoms with E-state index in [-0.39, 0.29) is 12.2 Å². The second kappa shape index (κ2) is 6.49. The van der Waals surface area contributed by atoms with Crippen molar-refractivity contribution in [2.75, 3.05) is 0 Å². The molecule has 0 bridgehead atoms. The summed E-state index contributed by atoms with van der Waals surface area (Å²) in [4.78, 5) is 9.52. The van der Waals surface area contributed by atoms with Gasteiger partial charge in [-0.1, -0.05) is 12.1 Å². The van der Waals surface area contributed by atoms with Crippen molar-refractivity contribution >= 4 is 0 Å². The van der Waals surface area contributed by atoms with E-state index in [1.807, 2.05) is 56.3 Å². The molecule has 5 nitrogen and oxygen atoms in total. The lowest BCUT2D eigenvalue weighted by atomic mass is 10.1. The minimum Gasteiger partial charge on any atom is -0.491 e. The zero-order valence-corrected chi connectivity index (χ0v) is 12.5. The highest BCUT2D eigenvalue weighted by atomic mass is 16.7. The van der Waals surface area contributed by atoms with Crippen molar-refractivity contribution in [1.82, 2.24) is 10.5 Å². The zero-order chi connectivity index (χ0) is 15.4. The maximum atomic E-state index is 5.64. The van der Waals surface area contributed by atoms with Crippen molar-refractivity contribution in [2.24, 2.45) is 0 Å². The summed E-state index contributed by atoms with van der Waals surface area (Å²) in [6.07, 6.45) is 5.19. The van der Waals surface area contributed by atoms with Crippen molar-refractivity contribution in [1.29, 1.82) is 0 Å². The predicted molar refractivity (Wildman–Crippen MR) is 82.1 cm³/mol. The van der Waals surface area contributed by atoms with Gasteiger partial charge in [-0.05, 0) is 43.7 Å². The van der Waals surface area contributed by atoms with Crippen molar-refractivity contribution < 1.29 is 14.3 Å². The van der Waals surface area contributed by atoms with E-state index in [0.29, 0.717) is 11.6 Å². The first-order valence-corrected chi connectivity index (χ1v) is 7.19. The third-order valence-corrected chi connectivity index (χ3v) is 3.03. The Bertz CT molecular complexity index is 639. The van der Waals surface area contributed by atoms with Gasteiger partial charge in [0.25, 0.3) is 0 Å². The molecule has 22 heavy (non-hydrogen) atoms. The molecule has 0 radical (unpaired) electrons. The molecule has 1 aromatic heterocycles. The maximum Gasteiger partial charge on any atom is 0.216 e. The lowest BCUT2D eigenvalue weighted by Gasteiger charge is -2.11. The van der Waals surface area contributed by atoms with E-state index in [9.17, 15) is 0 Å². The largest absolute Gasteiger partial charge is 0.491 e. The molecule has 5 heteroatoms. The highest BCUT2D eigenvalue weighted by Crippen LogP contribution is 2.27. The number of ether oxygens (including phenoxy) is 2. The molecular formula is C17H18N2O3. The van der Waals surface area contributed by atoms with Gasteiger partial charge in [0.2, 0.25) is 5.88 Å². The summed E-state index contributed by atoms with van der Waals surface area (Å²) in [7, 11) is 0. The topological polar surface area (TPSA) is 52.6 Å². The van der Waals surface area contributed by atoms with Crippen LogP contribution in [0.3, 0.4) is 0 Å². The first-order valence-electron chi connectivity index (χ1n) is 7.19. The number of hydrogen-bond acceptors (Lipinski definition) is 5. The molecule has 1 N–H and O–H groups in total. The van der Waals surface area contributed by atoms with Crippen LogP contribution in [0.1, 0.15) is 25.5 Å². The third-order valence-electron chi connectivity index (χ3n) is 3.03. The Labute approximate surface area is 129 Å². The van der Waals surface area contributed by atoms with E-state index in [1.54, 1.807) is 12.4 Å². The molecule has 1 atom stereocenters. The molecule has 2 heterocycles. The number of benzene rings is 1. The molecule has 2 aromatic rings. The van der Waals surface area contributed by atoms with Gasteiger partial charge in [0.15, 0.2) is 0 Å². The fourth-order valence-electron chi connectivity index (χ4n) is 2.09. The minimum absolute atomic E-state index is 0.162.